The fourth-order valence-electron chi connectivity index (χ4n) is 2.26. The van der Waals surface area contributed by atoms with Crippen LogP contribution >= 0.6 is 12.4 Å². The molecule has 0 bridgehead atoms. The van der Waals surface area contributed by atoms with E-state index >= 15 is 0 Å². The van der Waals surface area contributed by atoms with Gasteiger partial charge in [-0.1, -0.05) is 0 Å². The molecule has 1 aliphatic rings. The Labute approximate surface area is 120 Å². The highest BCUT2D eigenvalue weighted by Crippen LogP contribution is 2.24. The zero-order valence-electron chi connectivity index (χ0n) is 11.2. The molecular weight excluding hydrogens is 288 g/mol. The molecular formula is C11H21ClN4O2S. The molecule has 1 aliphatic heterocycles. The Morgan fingerprint density at radius 1 is 1.42 bits per heavy atom. The molecule has 110 valence electrons. The predicted octanol–water partition coefficient (Wildman–Crippen LogP) is 0.510. The Morgan fingerprint density at radius 2 is 2.00 bits per heavy atom. The minimum absolute atomic E-state index is 0. The first-order chi connectivity index (χ1) is 8.46. The number of aromatic nitrogens is 2. The highest BCUT2D eigenvalue weighted by atomic mass is 35.5. The molecule has 0 unspecified atom stereocenters. The predicted molar refractivity (Wildman–Crippen MR) is 75.7 cm³/mol. The van der Waals surface area contributed by atoms with Crippen LogP contribution in [-0.4, -0.2) is 42.1 Å². The lowest BCUT2D eigenvalue weighted by Crippen LogP contribution is -2.40. The quantitative estimate of drug-likeness (QED) is 0.882. The molecule has 6 nitrogen and oxygen atoms in total. The summed E-state index contributed by atoms with van der Waals surface area (Å²) in [5.41, 5.74) is 6.29. The van der Waals surface area contributed by atoms with Crippen LogP contribution in [-0.2, 0) is 17.1 Å². The number of sulfonamides is 1. The summed E-state index contributed by atoms with van der Waals surface area (Å²) in [6, 6.07) is 0. The largest absolute Gasteiger partial charge is 0.330 e. The SMILES string of the molecule is Cc1c(S(=O)(=O)N2CCC(CN)CC2)cnn1C.Cl. The molecule has 1 aromatic rings. The monoisotopic (exact) mass is 308 g/mol. The molecule has 0 aromatic carbocycles. The molecule has 1 saturated heterocycles. The van der Waals surface area contributed by atoms with Crippen molar-refractivity contribution >= 4 is 22.4 Å². The number of aryl methyl sites for hydroxylation is 1. The molecule has 2 heterocycles. The van der Waals surface area contributed by atoms with E-state index in [-0.39, 0.29) is 12.4 Å². The van der Waals surface area contributed by atoms with Crippen LogP contribution in [0.1, 0.15) is 18.5 Å². The lowest BCUT2D eigenvalue weighted by atomic mass is 9.99. The normalized spacial score (nSPS) is 18.3. The minimum Gasteiger partial charge on any atom is -0.330 e. The zero-order chi connectivity index (χ0) is 13.3. The number of hydrogen-bond acceptors (Lipinski definition) is 4. The summed E-state index contributed by atoms with van der Waals surface area (Å²) in [7, 11) is -1.65. The Balaban J connectivity index is 0.00000180. The molecule has 8 heteroatoms. The topological polar surface area (TPSA) is 81.2 Å². The lowest BCUT2D eigenvalue weighted by Gasteiger charge is -2.30. The summed E-state index contributed by atoms with van der Waals surface area (Å²) < 4.78 is 28.0. The van der Waals surface area contributed by atoms with Gasteiger partial charge in [-0.15, -0.1) is 12.4 Å². The van der Waals surface area contributed by atoms with Crippen LogP contribution in [0.3, 0.4) is 0 Å². The van der Waals surface area contributed by atoms with E-state index in [4.69, 9.17) is 5.73 Å². The Kier molecular flexibility index (Phi) is 5.37. The van der Waals surface area contributed by atoms with Crippen LogP contribution < -0.4 is 5.73 Å². The van der Waals surface area contributed by atoms with Gasteiger partial charge in [0.2, 0.25) is 10.0 Å². The summed E-state index contributed by atoms with van der Waals surface area (Å²) in [5, 5.41) is 4.00. The maximum absolute atomic E-state index is 12.5. The van der Waals surface area contributed by atoms with Gasteiger partial charge in [0.15, 0.2) is 0 Å². The molecule has 2 N–H and O–H groups in total. The van der Waals surface area contributed by atoms with Gasteiger partial charge >= 0.3 is 0 Å². The van der Waals surface area contributed by atoms with Crippen molar-refractivity contribution in [1.29, 1.82) is 0 Å². The lowest BCUT2D eigenvalue weighted by molar-refractivity contribution is 0.278. The van der Waals surface area contributed by atoms with Crippen LogP contribution in [0.5, 0.6) is 0 Å². The summed E-state index contributed by atoms with van der Waals surface area (Å²) in [6.07, 6.45) is 3.11. The highest BCUT2D eigenvalue weighted by Gasteiger charge is 2.31. The minimum atomic E-state index is -3.39. The van der Waals surface area contributed by atoms with E-state index in [1.165, 1.54) is 6.20 Å². The molecule has 0 aliphatic carbocycles. The molecule has 0 atom stereocenters. The van der Waals surface area contributed by atoms with Crippen LogP contribution in [0.2, 0.25) is 0 Å². The molecule has 0 radical (unpaired) electrons. The van der Waals surface area contributed by atoms with Crippen molar-refractivity contribution in [1.82, 2.24) is 14.1 Å². The Bertz CT molecular complexity index is 521. The average molecular weight is 309 g/mol. The van der Waals surface area contributed by atoms with E-state index in [0.717, 1.165) is 12.8 Å². The first-order valence-electron chi connectivity index (χ1n) is 6.15. The number of nitrogens with two attached hydrogens (primary N) is 1. The number of piperidine rings is 1. The van der Waals surface area contributed by atoms with Gasteiger partial charge in [-0.3, -0.25) is 4.68 Å². The van der Waals surface area contributed by atoms with E-state index in [9.17, 15) is 8.42 Å². The second-order valence-electron chi connectivity index (χ2n) is 4.80. The third kappa shape index (κ3) is 3.10. The molecule has 2 rings (SSSR count). The van der Waals surface area contributed by atoms with Gasteiger partial charge in [0.25, 0.3) is 0 Å². The number of halogens is 1. The fourth-order valence-corrected chi connectivity index (χ4v) is 3.91. The standard InChI is InChI=1S/C11H20N4O2S.ClH/c1-9-11(8-13-14(9)2)18(16,17)15-5-3-10(7-12)4-6-15;/h8,10H,3-7,12H2,1-2H3;1H. The summed E-state index contributed by atoms with van der Waals surface area (Å²) in [4.78, 5) is 0.316. The first-order valence-corrected chi connectivity index (χ1v) is 7.59. The van der Waals surface area contributed by atoms with Gasteiger partial charge in [-0.25, -0.2) is 8.42 Å². The molecule has 1 fully saturated rings. The molecule has 0 saturated carbocycles. The Morgan fingerprint density at radius 3 is 2.42 bits per heavy atom. The van der Waals surface area contributed by atoms with Crippen molar-refractivity contribution in [2.24, 2.45) is 18.7 Å². The smallest absolute Gasteiger partial charge is 0.246 e. The van der Waals surface area contributed by atoms with E-state index in [1.54, 1.807) is 23.0 Å². The van der Waals surface area contributed by atoms with Gasteiger partial charge in [0.05, 0.1) is 11.9 Å². The summed E-state index contributed by atoms with van der Waals surface area (Å²) in [6.45, 7) is 3.52. The average Bonchev–Trinajstić information content (AvgIpc) is 2.70. The fraction of sp³-hybridized carbons (Fsp3) is 0.727. The van der Waals surface area contributed by atoms with Crippen molar-refractivity contribution in [2.45, 2.75) is 24.7 Å². The summed E-state index contributed by atoms with van der Waals surface area (Å²) >= 11 is 0. The second kappa shape index (κ2) is 6.21. The van der Waals surface area contributed by atoms with Gasteiger partial charge in [0, 0.05) is 20.1 Å². The second-order valence-corrected chi connectivity index (χ2v) is 6.71. The van der Waals surface area contributed by atoms with E-state index in [1.807, 2.05) is 0 Å². The third-order valence-corrected chi connectivity index (χ3v) is 5.72. The van der Waals surface area contributed by atoms with Crippen molar-refractivity contribution in [3.63, 3.8) is 0 Å². The third-order valence-electron chi connectivity index (χ3n) is 3.71. The molecule has 0 amide bonds. The first kappa shape index (κ1) is 16.4. The van der Waals surface area contributed by atoms with Crippen molar-refractivity contribution < 1.29 is 8.42 Å². The van der Waals surface area contributed by atoms with Crippen molar-refractivity contribution in [3.8, 4) is 0 Å². The van der Waals surface area contributed by atoms with Crippen LogP contribution in [0.4, 0.5) is 0 Å². The highest BCUT2D eigenvalue weighted by molar-refractivity contribution is 7.89. The van der Waals surface area contributed by atoms with E-state index in [0.29, 0.717) is 36.1 Å². The molecule has 19 heavy (non-hydrogen) atoms. The van der Waals surface area contributed by atoms with E-state index in [2.05, 4.69) is 5.10 Å². The maximum atomic E-state index is 12.5. The number of nitrogens with zero attached hydrogens (tertiary/aromatic N) is 3. The van der Waals surface area contributed by atoms with Crippen molar-refractivity contribution in [3.05, 3.63) is 11.9 Å². The molecule has 0 spiro atoms. The van der Waals surface area contributed by atoms with Gasteiger partial charge in [-0.05, 0) is 32.2 Å². The van der Waals surface area contributed by atoms with Crippen LogP contribution in [0.15, 0.2) is 11.1 Å². The van der Waals surface area contributed by atoms with Crippen LogP contribution in [0.25, 0.3) is 0 Å². The van der Waals surface area contributed by atoms with Crippen molar-refractivity contribution in [2.75, 3.05) is 19.6 Å². The number of hydrogen-bond donors (Lipinski definition) is 1. The summed E-state index contributed by atoms with van der Waals surface area (Å²) in [5.74, 6) is 0.450. The van der Waals surface area contributed by atoms with Gasteiger partial charge in [0.1, 0.15) is 4.90 Å². The van der Waals surface area contributed by atoms with Gasteiger partial charge in [-0.2, -0.15) is 9.40 Å². The van der Waals surface area contributed by atoms with E-state index < -0.39 is 10.0 Å². The maximum Gasteiger partial charge on any atom is 0.246 e. The zero-order valence-corrected chi connectivity index (χ0v) is 12.9. The molecule has 1 aromatic heterocycles. The number of rotatable bonds is 3. The van der Waals surface area contributed by atoms with Crippen LogP contribution in [0, 0.1) is 12.8 Å². The Hall–Kier alpha value is -0.630. The van der Waals surface area contributed by atoms with Gasteiger partial charge < -0.3 is 5.73 Å².